The van der Waals surface area contributed by atoms with E-state index in [4.69, 9.17) is 6.42 Å². The van der Waals surface area contributed by atoms with Gasteiger partial charge in [-0.1, -0.05) is 30.2 Å². The molecule has 0 fully saturated rings. The van der Waals surface area contributed by atoms with Crippen LogP contribution in [0.3, 0.4) is 0 Å². The number of allylic oxidation sites excluding steroid dienone is 1. The van der Waals surface area contributed by atoms with Gasteiger partial charge in [-0.25, -0.2) is 4.98 Å². The number of nitrogens with zero attached hydrogens (tertiary/aromatic N) is 2. The molecule has 1 aliphatic heterocycles. The predicted octanol–water partition coefficient (Wildman–Crippen LogP) is 4.88. The monoisotopic (exact) mass is 430 g/mol. The van der Waals surface area contributed by atoms with Crippen molar-refractivity contribution in [2.45, 2.75) is 11.3 Å². The lowest BCUT2D eigenvalue weighted by Gasteiger charge is -2.12. The summed E-state index contributed by atoms with van der Waals surface area (Å²) >= 11 is 3.16. The van der Waals surface area contributed by atoms with Gasteiger partial charge in [0.15, 0.2) is 0 Å². The predicted molar refractivity (Wildman–Crippen MR) is 123 cm³/mol. The topological polar surface area (TPSA) is 50.3 Å². The van der Waals surface area contributed by atoms with E-state index < -0.39 is 0 Å². The largest absolute Gasteiger partial charge is 0.274 e. The lowest BCUT2D eigenvalue weighted by molar-refractivity contribution is 0.0656. The van der Waals surface area contributed by atoms with Gasteiger partial charge in [-0.2, -0.15) is 0 Å². The summed E-state index contributed by atoms with van der Waals surface area (Å²) < 4.78 is 0. The van der Waals surface area contributed by atoms with E-state index in [2.05, 4.69) is 23.0 Å². The molecule has 0 aliphatic carbocycles. The Balaban J connectivity index is 1.46. The first kappa shape index (κ1) is 20.1. The van der Waals surface area contributed by atoms with Crippen molar-refractivity contribution in [3.63, 3.8) is 0 Å². The Morgan fingerprint density at radius 2 is 1.80 bits per heavy atom. The van der Waals surface area contributed by atoms with Gasteiger partial charge in [-0.3, -0.25) is 14.5 Å². The molecule has 1 aliphatic rings. The summed E-state index contributed by atoms with van der Waals surface area (Å²) in [7, 11) is 0. The van der Waals surface area contributed by atoms with Gasteiger partial charge in [-0.05, 0) is 42.2 Å². The van der Waals surface area contributed by atoms with Gasteiger partial charge in [0.1, 0.15) is 5.01 Å². The maximum Gasteiger partial charge on any atom is 0.261 e. The molecule has 4 nitrogen and oxygen atoms in total. The number of hydrogen-bond acceptors (Lipinski definition) is 5. The first-order chi connectivity index (χ1) is 14.6. The van der Waals surface area contributed by atoms with Crippen LogP contribution in [0.15, 0.2) is 58.8 Å². The van der Waals surface area contributed by atoms with Crippen molar-refractivity contribution in [2.75, 3.05) is 12.8 Å². The molecule has 4 rings (SSSR count). The van der Waals surface area contributed by atoms with Gasteiger partial charge in [0.25, 0.3) is 11.8 Å². The Morgan fingerprint density at radius 3 is 2.40 bits per heavy atom. The highest BCUT2D eigenvalue weighted by Crippen LogP contribution is 2.25. The van der Waals surface area contributed by atoms with Crippen LogP contribution < -0.4 is 0 Å². The highest BCUT2D eigenvalue weighted by molar-refractivity contribution is 7.98. The number of carbonyl (C=O) groups excluding carboxylic acids is 2. The third-order valence-corrected chi connectivity index (χ3v) is 6.50. The molecule has 30 heavy (non-hydrogen) atoms. The number of fused-ring (bicyclic) bond motifs is 1. The van der Waals surface area contributed by atoms with Gasteiger partial charge in [-0.15, -0.1) is 29.5 Å². The number of thioether (sulfide) groups is 1. The fourth-order valence-corrected chi connectivity index (χ4v) is 4.49. The van der Waals surface area contributed by atoms with E-state index in [1.54, 1.807) is 36.0 Å². The molecule has 0 atom stereocenters. The first-order valence-electron chi connectivity index (χ1n) is 9.33. The molecule has 3 aromatic rings. The molecule has 2 amide bonds. The van der Waals surface area contributed by atoms with E-state index in [-0.39, 0.29) is 11.8 Å². The molecule has 0 unspecified atom stereocenters. The minimum Gasteiger partial charge on any atom is -0.274 e. The molecule has 0 bridgehead atoms. The van der Waals surface area contributed by atoms with Crippen LogP contribution in [0.25, 0.3) is 11.6 Å². The number of hydrogen-bond donors (Lipinski definition) is 0. The highest BCUT2D eigenvalue weighted by atomic mass is 32.2. The molecule has 0 radical (unpaired) electrons. The number of carbonyl (C=O) groups is 2. The summed E-state index contributed by atoms with van der Waals surface area (Å²) in [5, 5.41) is 2.68. The molecular weight excluding hydrogens is 412 g/mol. The van der Waals surface area contributed by atoms with Gasteiger partial charge in [0.2, 0.25) is 0 Å². The number of aromatic nitrogens is 1. The summed E-state index contributed by atoms with van der Waals surface area (Å²) in [5.41, 5.74) is 3.47. The van der Waals surface area contributed by atoms with Gasteiger partial charge in [0, 0.05) is 23.2 Å². The molecular formula is C24H18N2O2S2. The number of imide groups is 1. The highest BCUT2D eigenvalue weighted by Gasteiger charge is 2.34. The van der Waals surface area contributed by atoms with Crippen molar-refractivity contribution in [2.24, 2.45) is 0 Å². The van der Waals surface area contributed by atoms with Crippen molar-refractivity contribution in [3.8, 4) is 12.3 Å². The summed E-state index contributed by atoms with van der Waals surface area (Å²) in [6.07, 6.45) is 10.2. The second-order valence-corrected chi connectivity index (χ2v) is 8.41. The smallest absolute Gasteiger partial charge is 0.261 e. The number of rotatable bonds is 6. The number of terminal acetylenes is 1. The van der Waals surface area contributed by atoms with Crippen LogP contribution in [-0.2, 0) is 6.42 Å². The summed E-state index contributed by atoms with van der Waals surface area (Å²) in [6.45, 7) is 0.292. The normalized spacial score (nSPS) is 13.5. The van der Waals surface area contributed by atoms with Crippen molar-refractivity contribution in [1.29, 1.82) is 0 Å². The molecule has 148 valence electrons. The third kappa shape index (κ3) is 3.95. The standard InChI is InChI=1S/C24H18N2O2S2/c1-3-17(14-16-8-10-19(29-2)11-9-16)22-25-18(15-30-22)12-13-26-23(27)20-6-4-5-7-21(20)24(26)28/h1,4-11,14-15H,12-13H2,2H3/b17-14-. The summed E-state index contributed by atoms with van der Waals surface area (Å²) in [4.78, 5) is 32.1. The van der Waals surface area contributed by atoms with Crippen LogP contribution in [0.1, 0.15) is 37.0 Å². The van der Waals surface area contributed by atoms with Crippen LogP contribution in [-0.4, -0.2) is 34.5 Å². The molecule has 0 N–H and O–H groups in total. The van der Waals surface area contributed by atoms with Crippen LogP contribution >= 0.6 is 23.1 Å². The fourth-order valence-electron chi connectivity index (χ4n) is 3.25. The number of thiazole rings is 1. The summed E-state index contributed by atoms with van der Waals surface area (Å²) in [5.74, 6) is 2.22. The van der Waals surface area contributed by atoms with Crippen LogP contribution in [0, 0.1) is 12.3 Å². The van der Waals surface area contributed by atoms with Crippen LogP contribution in [0.4, 0.5) is 0 Å². The molecule has 2 heterocycles. The summed E-state index contributed by atoms with van der Waals surface area (Å²) in [6, 6.07) is 15.1. The maximum atomic E-state index is 12.5. The Hall–Kier alpha value is -3.14. The Kier molecular flexibility index (Phi) is 5.84. The van der Waals surface area contributed by atoms with E-state index in [0.29, 0.717) is 29.7 Å². The maximum absolute atomic E-state index is 12.5. The van der Waals surface area contributed by atoms with Gasteiger partial charge in [0.05, 0.1) is 22.4 Å². The zero-order valence-corrected chi connectivity index (χ0v) is 17.9. The molecule has 6 heteroatoms. The fraction of sp³-hybridized carbons (Fsp3) is 0.125. The minimum absolute atomic E-state index is 0.246. The molecule has 0 saturated carbocycles. The van der Waals surface area contributed by atoms with E-state index in [0.717, 1.165) is 16.3 Å². The zero-order chi connectivity index (χ0) is 21.1. The van der Waals surface area contributed by atoms with Crippen LogP contribution in [0.2, 0.25) is 0 Å². The average Bonchev–Trinajstić information content (AvgIpc) is 3.35. The Morgan fingerprint density at radius 1 is 1.13 bits per heavy atom. The first-order valence-corrected chi connectivity index (χ1v) is 11.4. The van der Waals surface area contributed by atoms with Gasteiger partial charge < -0.3 is 0 Å². The molecule has 1 aromatic heterocycles. The van der Waals surface area contributed by atoms with E-state index >= 15 is 0 Å². The van der Waals surface area contributed by atoms with E-state index in [9.17, 15) is 9.59 Å². The molecule has 2 aromatic carbocycles. The SMILES string of the molecule is C#C/C(=C/c1ccc(SC)cc1)c1nc(CCN2C(=O)c3ccccc3C2=O)cs1. The van der Waals surface area contributed by atoms with Crippen molar-refractivity contribution in [1.82, 2.24) is 9.88 Å². The average molecular weight is 431 g/mol. The lowest BCUT2D eigenvalue weighted by Crippen LogP contribution is -2.31. The second-order valence-electron chi connectivity index (χ2n) is 6.68. The van der Waals surface area contributed by atoms with Crippen molar-refractivity contribution < 1.29 is 9.59 Å². The Bertz CT molecular complexity index is 1150. The molecule has 0 spiro atoms. The van der Waals surface area contributed by atoms with Gasteiger partial charge >= 0.3 is 0 Å². The minimum atomic E-state index is -0.246. The zero-order valence-electron chi connectivity index (χ0n) is 16.3. The third-order valence-electron chi connectivity index (χ3n) is 4.83. The number of amides is 2. The Labute approximate surface area is 183 Å². The van der Waals surface area contributed by atoms with Crippen molar-refractivity contribution >= 4 is 46.6 Å². The van der Waals surface area contributed by atoms with Crippen LogP contribution in [0.5, 0.6) is 0 Å². The molecule has 0 saturated heterocycles. The van der Waals surface area contributed by atoms with E-state index in [1.807, 2.05) is 29.8 Å². The second kappa shape index (κ2) is 8.70. The number of benzene rings is 2. The van der Waals surface area contributed by atoms with E-state index in [1.165, 1.54) is 21.1 Å². The lowest BCUT2D eigenvalue weighted by atomic mass is 10.1. The van der Waals surface area contributed by atoms with Crippen molar-refractivity contribution in [3.05, 3.63) is 81.3 Å². The quantitative estimate of drug-likeness (QED) is 0.318.